The molecule has 3 N–H and O–H groups in total. The van der Waals surface area contributed by atoms with Gasteiger partial charge in [0.25, 0.3) is 5.91 Å². The minimum Gasteiger partial charge on any atom is -0.354 e. The molecule has 130 valence electrons. The van der Waals surface area contributed by atoms with Gasteiger partial charge in [-0.1, -0.05) is 25.1 Å². The Kier molecular flexibility index (Phi) is 7.19. The molecule has 6 heteroatoms. The fraction of sp³-hybridized carbons (Fsp3) is 0.333. The molecule has 0 radical (unpaired) electrons. The van der Waals surface area contributed by atoms with Gasteiger partial charge in [0.2, 0.25) is 0 Å². The van der Waals surface area contributed by atoms with Crippen LogP contribution in [-0.2, 0) is 6.54 Å². The molecule has 0 atom stereocenters. The summed E-state index contributed by atoms with van der Waals surface area (Å²) in [5.74, 6) is -0.273. The van der Waals surface area contributed by atoms with Crippen LogP contribution in [0, 0.1) is 13.8 Å². The van der Waals surface area contributed by atoms with E-state index in [2.05, 4.69) is 15.6 Å². The van der Waals surface area contributed by atoms with Crippen LogP contribution in [-0.4, -0.2) is 23.2 Å². The Bertz CT molecular complexity index is 738. The van der Waals surface area contributed by atoms with E-state index in [0.717, 1.165) is 23.5 Å². The number of Topliss-reactive ketones (excluding diaryl/α,β-unsaturated/α-hetero) is 1. The molecule has 0 bridgehead atoms. The number of nitrogens with one attached hydrogen (secondary N) is 3. The summed E-state index contributed by atoms with van der Waals surface area (Å²) in [4.78, 5) is 27.3. The Hall–Kier alpha value is -2.11. The number of carbonyl (C=O) groups excluding carboxylic acids is 2. The van der Waals surface area contributed by atoms with Crippen molar-refractivity contribution in [2.45, 2.75) is 34.2 Å². The highest BCUT2D eigenvalue weighted by Crippen LogP contribution is 2.21. The van der Waals surface area contributed by atoms with E-state index >= 15 is 0 Å². The number of halogens is 1. The summed E-state index contributed by atoms with van der Waals surface area (Å²) >= 11 is 0. The van der Waals surface area contributed by atoms with E-state index in [1.807, 2.05) is 31.2 Å². The summed E-state index contributed by atoms with van der Waals surface area (Å²) in [7, 11) is 0. The van der Waals surface area contributed by atoms with Gasteiger partial charge in [0.1, 0.15) is 5.69 Å². The van der Waals surface area contributed by atoms with Crippen LogP contribution in [0.4, 0.5) is 5.69 Å². The molecule has 0 aliphatic carbocycles. The fourth-order valence-electron chi connectivity index (χ4n) is 2.75. The molecular weight excluding hydrogens is 326 g/mol. The molecule has 0 unspecified atom stereocenters. The van der Waals surface area contributed by atoms with Gasteiger partial charge in [0.05, 0.1) is 0 Å². The first-order chi connectivity index (χ1) is 11.0. The van der Waals surface area contributed by atoms with Crippen molar-refractivity contribution in [1.82, 2.24) is 10.3 Å². The van der Waals surface area contributed by atoms with Crippen LogP contribution in [0.1, 0.15) is 51.5 Å². The average molecular weight is 350 g/mol. The van der Waals surface area contributed by atoms with Crippen molar-refractivity contribution in [2.75, 3.05) is 11.9 Å². The summed E-state index contributed by atoms with van der Waals surface area (Å²) in [6.45, 7) is 8.69. The minimum atomic E-state index is -0.234. The summed E-state index contributed by atoms with van der Waals surface area (Å²) in [5, 5.41) is 6.19. The predicted molar refractivity (Wildman–Crippen MR) is 99.3 cm³/mol. The van der Waals surface area contributed by atoms with Gasteiger partial charge >= 0.3 is 0 Å². The molecule has 1 aromatic carbocycles. The molecular formula is C18H24ClN3O2. The molecule has 0 saturated heterocycles. The van der Waals surface area contributed by atoms with Gasteiger partial charge < -0.3 is 15.6 Å². The molecule has 2 aromatic rings. The highest BCUT2D eigenvalue weighted by atomic mass is 35.5. The Morgan fingerprint density at radius 2 is 1.83 bits per heavy atom. The standard InChI is InChI=1S/C18H23N3O2.ClH/c1-5-19-10-14-8-6-7-9-15(14)21-18(23)17-11(2)16(13(4)22)12(3)20-17;/h6-9,19-20H,5,10H2,1-4H3,(H,21,23);1H. The molecule has 0 spiro atoms. The lowest BCUT2D eigenvalue weighted by atomic mass is 10.1. The SMILES string of the molecule is CCNCc1ccccc1NC(=O)c1[nH]c(C)c(C(C)=O)c1C.Cl. The highest BCUT2D eigenvalue weighted by molar-refractivity contribution is 6.07. The first-order valence-electron chi connectivity index (χ1n) is 7.75. The van der Waals surface area contributed by atoms with Crippen molar-refractivity contribution in [1.29, 1.82) is 0 Å². The summed E-state index contributed by atoms with van der Waals surface area (Å²) in [6, 6.07) is 7.69. The Labute approximate surface area is 148 Å². The molecule has 1 amide bonds. The number of H-pyrrole nitrogens is 1. The number of carbonyl (C=O) groups is 2. The van der Waals surface area contributed by atoms with Crippen LogP contribution in [0.15, 0.2) is 24.3 Å². The third-order valence-electron chi connectivity index (χ3n) is 3.85. The number of anilines is 1. The van der Waals surface area contributed by atoms with Gasteiger partial charge in [-0.2, -0.15) is 0 Å². The maximum atomic E-state index is 12.6. The lowest BCUT2D eigenvalue weighted by molar-refractivity contribution is 0.101. The number of rotatable bonds is 6. The first kappa shape index (κ1) is 19.9. The average Bonchev–Trinajstić information content (AvgIpc) is 2.81. The number of aromatic amines is 1. The van der Waals surface area contributed by atoms with Crippen molar-refractivity contribution in [2.24, 2.45) is 0 Å². The third-order valence-corrected chi connectivity index (χ3v) is 3.85. The highest BCUT2D eigenvalue weighted by Gasteiger charge is 2.20. The fourth-order valence-corrected chi connectivity index (χ4v) is 2.75. The van der Waals surface area contributed by atoms with E-state index in [1.165, 1.54) is 6.92 Å². The maximum Gasteiger partial charge on any atom is 0.272 e. The van der Waals surface area contributed by atoms with Crippen LogP contribution >= 0.6 is 12.4 Å². The normalized spacial score (nSPS) is 10.2. The number of hydrogen-bond acceptors (Lipinski definition) is 3. The molecule has 24 heavy (non-hydrogen) atoms. The number of ketones is 1. The van der Waals surface area contributed by atoms with Crippen LogP contribution in [0.3, 0.4) is 0 Å². The number of amides is 1. The topological polar surface area (TPSA) is 74.0 Å². The number of hydrogen-bond donors (Lipinski definition) is 3. The second-order valence-corrected chi connectivity index (χ2v) is 5.57. The summed E-state index contributed by atoms with van der Waals surface area (Å²) in [5.41, 5.74) is 4.24. The van der Waals surface area contributed by atoms with Crippen LogP contribution in [0.5, 0.6) is 0 Å². The summed E-state index contributed by atoms with van der Waals surface area (Å²) in [6.07, 6.45) is 0. The minimum absolute atomic E-state index is 0. The van der Waals surface area contributed by atoms with Crippen molar-refractivity contribution >= 4 is 29.8 Å². The molecule has 0 aliphatic rings. The lowest BCUT2D eigenvalue weighted by Crippen LogP contribution is -2.18. The monoisotopic (exact) mass is 349 g/mol. The quantitative estimate of drug-likeness (QED) is 0.697. The van der Waals surface area contributed by atoms with E-state index in [9.17, 15) is 9.59 Å². The van der Waals surface area contributed by atoms with Gasteiger partial charge in [-0.3, -0.25) is 9.59 Å². The number of aryl methyl sites for hydroxylation is 1. The second kappa shape index (κ2) is 8.66. The van der Waals surface area contributed by atoms with Gasteiger partial charge in [0.15, 0.2) is 5.78 Å². The molecule has 1 heterocycles. The second-order valence-electron chi connectivity index (χ2n) is 5.57. The maximum absolute atomic E-state index is 12.6. The van der Waals surface area contributed by atoms with E-state index in [1.54, 1.807) is 13.8 Å². The third kappa shape index (κ3) is 4.24. The molecule has 2 rings (SSSR count). The molecule has 5 nitrogen and oxygen atoms in total. The zero-order chi connectivity index (χ0) is 17.0. The smallest absolute Gasteiger partial charge is 0.272 e. The van der Waals surface area contributed by atoms with E-state index in [0.29, 0.717) is 23.4 Å². The van der Waals surface area contributed by atoms with Crippen LogP contribution in [0.25, 0.3) is 0 Å². The predicted octanol–water partition coefficient (Wildman–Crippen LogP) is 3.62. The Morgan fingerprint density at radius 1 is 1.17 bits per heavy atom. The number of para-hydroxylation sites is 1. The zero-order valence-electron chi connectivity index (χ0n) is 14.4. The van der Waals surface area contributed by atoms with E-state index in [4.69, 9.17) is 0 Å². The van der Waals surface area contributed by atoms with Gasteiger partial charge in [0, 0.05) is 23.5 Å². The first-order valence-corrected chi connectivity index (χ1v) is 7.75. The Balaban J connectivity index is 0.00000288. The summed E-state index contributed by atoms with van der Waals surface area (Å²) < 4.78 is 0. The van der Waals surface area contributed by atoms with Crippen molar-refractivity contribution in [3.05, 3.63) is 52.3 Å². The number of aromatic nitrogens is 1. The Morgan fingerprint density at radius 3 is 2.42 bits per heavy atom. The molecule has 0 fully saturated rings. The lowest BCUT2D eigenvalue weighted by Gasteiger charge is -2.11. The van der Waals surface area contributed by atoms with Crippen LogP contribution in [0.2, 0.25) is 0 Å². The van der Waals surface area contributed by atoms with Gasteiger partial charge in [-0.05, 0) is 44.5 Å². The largest absolute Gasteiger partial charge is 0.354 e. The van der Waals surface area contributed by atoms with Crippen LogP contribution < -0.4 is 10.6 Å². The molecule has 1 aromatic heterocycles. The molecule has 0 saturated carbocycles. The van der Waals surface area contributed by atoms with E-state index in [-0.39, 0.29) is 24.1 Å². The number of benzene rings is 1. The molecule has 0 aliphatic heterocycles. The van der Waals surface area contributed by atoms with Crippen molar-refractivity contribution in [3.8, 4) is 0 Å². The van der Waals surface area contributed by atoms with E-state index < -0.39 is 0 Å². The van der Waals surface area contributed by atoms with Gasteiger partial charge in [-0.25, -0.2) is 0 Å². The zero-order valence-corrected chi connectivity index (χ0v) is 15.3. The van der Waals surface area contributed by atoms with Crippen molar-refractivity contribution in [3.63, 3.8) is 0 Å². The van der Waals surface area contributed by atoms with Gasteiger partial charge in [-0.15, -0.1) is 12.4 Å². The van der Waals surface area contributed by atoms with Crippen molar-refractivity contribution < 1.29 is 9.59 Å².